The van der Waals surface area contributed by atoms with Crippen LogP contribution < -0.4 is 0 Å². The number of nitrogens with zero attached hydrogens (tertiary/aromatic N) is 2. The number of aromatic nitrogens is 2. The van der Waals surface area contributed by atoms with Gasteiger partial charge in [0.15, 0.2) is 0 Å². The Morgan fingerprint density at radius 2 is 1.94 bits per heavy atom. The second-order valence-electron chi connectivity index (χ2n) is 3.45. The van der Waals surface area contributed by atoms with Gasteiger partial charge in [0.05, 0.1) is 16.9 Å². The smallest absolute Gasteiger partial charge is 0.241 e. The number of hydrogen-bond acceptors (Lipinski definition) is 1. The lowest BCUT2D eigenvalue weighted by Gasteiger charge is -2.08. The molecular formula is C11H9F3N2. The minimum atomic E-state index is -4.32. The van der Waals surface area contributed by atoms with Crippen LogP contribution in [0.5, 0.6) is 0 Å². The highest BCUT2D eigenvalue weighted by atomic mass is 19.4. The van der Waals surface area contributed by atoms with Gasteiger partial charge in [-0.1, -0.05) is 6.07 Å². The molecule has 0 aliphatic carbocycles. The molecule has 1 heterocycles. The average Bonchev–Trinajstić information content (AvgIpc) is 2.64. The third kappa shape index (κ3) is 2.08. The minimum absolute atomic E-state index is 0.405. The SMILES string of the molecule is Cc1ccn(-c2cccc(C(F)(F)F)c2)n1. The molecule has 2 rings (SSSR count). The van der Waals surface area contributed by atoms with E-state index in [4.69, 9.17) is 0 Å². The highest BCUT2D eigenvalue weighted by molar-refractivity contribution is 5.36. The first-order chi connectivity index (χ1) is 7.47. The van der Waals surface area contributed by atoms with Crippen LogP contribution in [0.4, 0.5) is 13.2 Å². The van der Waals surface area contributed by atoms with E-state index in [9.17, 15) is 13.2 Å². The first-order valence-corrected chi connectivity index (χ1v) is 4.67. The Labute approximate surface area is 90.3 Å². The zero-order valence-electron chi connectivity index (χ0n) is 8.49. The third-order valence-corrected chi connectivity index (χ3v) is 2.16. The zero-order valence-corrected chi connectivity index (χ0v) is 8.49. The van der Waals surface area contributed by atoms with Crippen LogP contribution in [0.1, 0.15) is 11.3 Å². The van der Waals surface area contributed by atoms with Crippen LogP contribution in [-0.4, -0.2) is 9.78 Å². The van der Waals surface area contributed by atoms with Gasteiger partial charge < -0.3 is 0 Å². The number of halogens is 3. The number of aryl methyl sites for hydroxylation is 1. The van der Waals surface area contributed by atoms with Crippen molar-refractivity contribution in [3.63, 3.8) is 0 Å². The summed E-state index contributed by atoms with van der Waals surface area (Å²) in [7, 11) is 0. The fourth-order valence-corrected chi connectivity index (χ4v) is 1.38. The van der Waals surface area contributed by atoms with Crippen LogP contribution >= 0.6 is 0 Å². The van der Waals surface area contributed by atoms with Crippen LogP contribution in [0.2, 0.25) is 0 Å². The Morgan fingerprint density at radius 3 is 2.50 bits per heavy atom. The number of hydrogen-bond donors (Lipinski definition) is 0. The Hall–Kier alpha value is -1.78. The highest BCUT2D eigenvalue weighted by Gasteiger charge is 2.30. The lowest BCUT2D eigenvalue weighted by Crippen LogP contribution is -2.06. The molecule has 2 aromatic rings. The van der Waals surface area contributed by atoms with Crippen molar-refractivity contribution >= 4 is 0 Å². The van der Waals surface area contributed by atoms with Crippen molar-refractivity contribution in [2.24, 2.45) is 0 Å². The van der Waals surface area contributed by atoms with E-state index in [1.807, 2.05) is 0 Å². The van der Waals surface area contributed by atoms with Crippen molar-refractivity contribution in [1.82, 2.24) is 9.78 Å². The van der Waals surface area contributed by atoms with E-state index >= 15 is 0 Å². The Balaban J connectivity index is 2.44. The summed E-state index contributed by atoms with van der Waals surface area (Å²) in [4.78, 5) is 0. The van der Waals surface area contributed by atoms with Gasteiger partial charge in [0.2, 0.25) is 0 Å². The van der Waals surface area contributed by atoms with Gasteiger partial charge in [0.25, 0.3) is 0 Å². The van der Waals surface area contributed by atoms with Gasteiger partial charge in [-0.3, -0.25) is 0 Å². The molecule has 5 heteroatoms. The molecule has 0 unspecified atom stereocenters. The molecule has 84 valence electrons. The maximum atomic E-state index is 12.5. The summed E-state index contributed by atoms with van der Waals surface area (Å²) in [6, 6.07) is 6.81. The van der Waals surface area contributed by atoms with Crippen LogP contribution in [0.25, 0.3) is 5.69 Å². The van der Waals surface area contributed by atoms with E-state index in [-0.39, 0.29) is 0 Å². The molecule has 0 saturated heterocycles. The zero-order chi connectivity index (χ0) is 11.8. The summed E-state index contributed by atoms with van der Waals surface area (Å²) in [6.07, 6.45) is -2.69. The van der Waals surface area contributed by atoms with Crippen LogP contribution in [0.3, 0.4) is 0 Å². The Kier molecular flexibility index (Phi) is 2.46. The van der Waals surface area contributed by atoms with E-state index in [2.05, 4.69) is 5.10 Å². The van der Waals surface area contributed by atoms with Crippen molar-refractivity contribution in [2.75, 3.05) is 0 Å². The molecule has 0 N–H and O–H groups in total. The molecule has 2 nitrogen and oxygen atoms in total. The lowest BCUT2D eigenvalue weighted by atomic mass is 10.2. The van der Waals surface area contributed by atoms with Gasteiger partial charge in [0.1, 0.15) is 0 Å². The van der Waals surface area contributed by atoms with E-state index < -0.39 is 11.7 Å². The average molecular weight is 226 g/mol. The summed E-state index contributed by atoms with van der Waals surface area (Å²) < 4.78 is 38.8. The molecule has 0 amide bonds. The van der Waals surface area contributed by atoms with E-state index in [1.54, 1.807) is 25.3 Å². The first-order valence-electron chi connectivity index (χ1n) is 4.67. The quantitative estimate of drug-likeness (QED) is 0.730. The summed E-state index contributed by atoms with van der Waals surface area (Å²) in [5.41, 5.74) is 0.499. The maximum Gasteiger partial charge on any atom is 0.416 e. The Bertz CT molecular complexity index is 500. The molecule has 0 atom stereocenters. The van der Waals surface area contributed by atoms with Gasteiger partial charge in [-0.15, -0.1) is 0 Å². The van der Waals surface area contributed by atoms with E-state index in [0.29, 0.717) is 5.69 Å². The van der Waals surface area contributed by atoms with Crippen LogP contribution in [0, 0.1) is 6.92 Å². The molecule has 0 bridgehead atoms. The molecular weight excluding hydrogens is 217 g/mol. The molecule has 1 aromatic carbocycles. The van der Waals surface area contributed by atoms with E-state index in [1.165, 1.54) is 10.7 Å². The third-order valence-electron chi connectivity index (χ3n) is 2.16. The van der Waals surface area contributed by atoms with Gasteiger partial charge in [-0.25, -0.2) is 4.68 Å². The summed E-state index contributed by atoms with van der Waals surface area (Å²) >= 11 is 0. The van der Waals surface area contributed by atoms with Crippen molar-refractivity contribution in [2.45, 2.75) is 13.1 Å². The molecule has 0 fully saturated rings. The maximum absolute atomic E-state index is 12.5. The molecule has 1 aromatic heterocycles. The predicted molar refractivity (Wildman–Crippen MR) is 53.3 cm³/mol. The number of alkyl halides is 3. The molecule has 0 spiro atoms. The van der Waals surface area contributed by atoms with Gasteiger partial charge in [-0.05, 0) is 31.2 Å². The normalized spacial score (nSPS) is 11.8. The fraction of sp³-hybridized carbons (Fsp3) is 0.182. The Morgan fingerprint density at radius 1 is 1.19 bits per heavy atom. The summed E-state index contributed by atoms with van der Waals surface area (Å²) in [5, 5.41) is 4.05. The van der Waals surface area contributed by atoms with Crippen molar-refractivity contribution in [3.05, 3.63) is 47.8 Å². The topological polar surface area (TPSA) is 17.8 Å². The fourth-order valence-electron chi connectivity index (χ4n) is 1.38. The molecule has 0 aliphatic heterocycles. The standard InChI is InChI=1S/C11H9F3N2/c1-8-5-6-16(15-8)10-4-2-3-9(7-10)11(12,13)14/h2-7H,1H3. The van der Waals surface area contributed by atoms with Gasteiger partial charge >= 0.3 is 6.18 Å². The van der Waals surface area contributed by atoms with Crippen LogP contribution in [0.15, 0.2) is 36.5 Å². The minimum Gasteiger partial charge on any atom is -0.241 e. The van der Waals surface area contributed by atoms with Crippen LogP contribution in [-0.2, 0) is 6.18 Å². The lowest BCUT2D eigenvalue weighted by molar-refractivity contribution is -0.137. The summed E-state index contributed by atoms with van der Waals surface area (Å²) in [5.74, 6) is 0. The van der Waals surface area contributed by atoms with Crippen molar-refractivity contribution in [3.8, 4) is 5.69 Å². The van der Waals surface area contributed by atoms with Crippen molar-refractivity contribution in [1.29, 1.82) is 0 Å². The van der Waals surface area contributed by atoms with E-state index in [0.717, 1.165) is 17.8 Å². The second kappa shape index (κ2) is 3.66. The first kappa shape index (κ1) is 10.7. The number of benzene rings is 1. The predicted octanol–water partition coefficient (Wildman–Crippen LogP) is 3.20. The molecule has 0 aliphatic rings. The largest absolute Gasteiger partial charge is 0.416 e. The molecule has 16 heavy (non-hydrogen) atoms. The molecule has 0 saturated carbocycles. The monoisotopic (exact) mass is 226 g/mol. The van der Waals surface area contributed by atoms with Gasteiger partial charge in [0, 0.05) is 6.20 Å². The van der Waals surface area contributed by atoms with Crippen molar-refractivity contribution < 1.29 is 13.2 Å². The number of rotatable bonds is 1. The molecule has 0 radical (unpaired) electrons. The second-order valence-corrected chi connectivity index (χ2v) is 3.45. The summed E-state index contributed by atoms with van der Waals surface area (Å²) in [6.45, 7) is 1.78. The highest BCUT2D eigenvalue weighted by Crippen LogP contribution is 2.30. The van der Waals surface area contributed by atoms with Gasteiger partial charge in [-0.2, -0.15) is 18.3 Å².